The van der Waals surface area contributed by atoms with Crippen LogP contribution in [0.3, 0.4) is 0 Å². The van der Waals surface area contributed by atoms with E-state index in [1.165, 1.54) is 109 Å². The maximum Gasteiger partial charge on any atom is 0.306 e. The largest absolute Gasteiger partial charge is 0.462 e. The molecule has 0 aromatic carbocycles. The van der Waals surface area contributed by atoms with Gasteiger partial charge in [-0.15, -0.1) is 0 Å². The fourth-order valence-corrected chi connectivity index (χ4v) is 7.50. The van der Waals surface area contributed by atoms with Crippen molar-refractivity contribution in [1.82, 2.24) is 0 Å². The first-order valence-corrected chi connectivity index (χ1v) is 27.6. The van der Waals surface area contributed by atoms with Crippen molar-refractivity contribution in [3.05, 3.63) is 85.1 Å². The predicted molar refractivity (Wildman–Crippen MR) is 284 cm³/mol. The molecule has 378 valence electrons. The van der Waals surface area contributed by atoms with Gasteiger partial charge in [0.25, 0.3) is 0 Å². The molecule has 0 bridgehead atoms. The summed E-state index contributed by atoms with van der Waals surface area (Å²) >= 11 is 0. The first kappa shape index (κ1) is 62.6. The second kappa shape index (κ2) is 54.2. The van der Waals surface area contributed by atoms with Crippen molar-refractivity contribution >= 4 is 17.9 Å². The zero-order valence-electron chi connectivity index (χ0n) is 43.2. The Bertz CT molecular complexity index is 1290. The summed E-state index contributed by atoms with van der Waals surface area (Å²) in [5, 5.41) is 0. The van der Waals surface area contributed by atoms with E-state index >= 15 is 0 Å². The van der Waals surface area contributed by atoms with Gasteiger partial charge >= 0.3 is 17.9 Å². The number of hydrogen-bond donors (Lipinski definition) is 0. The molecule has 0 heterocycles. The first-order valence-electron chi connectivity index (χ1n) is 27.6. The van der Waals surface area contributed by atoms with E-state index in [0.717, 1.165) is 109 Å². The highest BCUT2D eigenvalue weighted by Crippen LogP contribution is 2.15. The van der Waals surface area contributed by atoms with Crippen LogP contribution >= 0.6 is 0 Å². The molecule has 0 amide bonds. The topological polar surface area (TPSA) is 78.9 Å². The summed E-state index contributed by atoms with van der Waals surface area (Å²) in [4.78, 5) is 38.0. The van der Waals surface area contributed by atoms with Crippen molar-refractivity contribution in [2.45, 2.75) is 264 Å². The van der Waals surface area contributed by atoms with E-state index in [4.69, 9.17) is 14.2 Å². The van der Waals surface area contributed by atoms with Crippen molar-refractivity contribution in [2.24, 2.45) is 0 Å². The van der Waals surface area contributed by atoms with Crippen LogP contribution in [0.1, 0.15) is 258 Å². The number of ether oxygens (including phenoxy) is 3. The van der Waals surface area contributed by atoms with Crippen LogP contribution in [0.5, 0.6) is 0 Å². The van der Waals surface area contributed by atoms with Gasteiger partial charge in [0.2, 0.25) is 0 Å². The Labute approximate surface area is 407 Å². The molecule has 0 saturated heterocycles. The highest BCUT2D eigenvalue weighted by molar-refractivity contribution is 5.71. The fourth-order valence-electron chi connectivity index (χ4n) is 7.50. The minimum Gasteiger partial charge on any atom is -0.462 e. The Kier molecular flexibility index (Phi) is 51.4. The molecule has 0 rings (SSSR count). The summed E-state index contributed by atoms with van der Waals surface area (Å²) in [6.45, 7) is 6.48. The van der Waals surface area contributed by atoms with Crippen LogP contribution in [0.4, 0.5) is 0 Å². The lowest BCUT2D eigenvalue weighted by Crippen LogP contribution is -2.30. The quantitative estimate of drug-likeness (QED) is 0.0262. The van der Waals surface area contributed by atoms with E-state index in [1.54, 1.807) is 0 Å². The highest BCUT2D eigenvalue weighted by Gasteiger charge is 2.19. The molecule has 0 aliphatic rings. The number of carbonyl (C=O) groups is 3. The summed E-state index contributed by atoms with van der Waals surface area (Å²) < 4.78 is 16.8. The van der Waals surface area contributed by atoms with Gasteiger partial charge in [-0.1, -0.05) is 228 Å². The van der Waals surface area contributed by atoms with Gasteiger partial charge in [-0.3, -0.25) is 14.4 Å². The smallest absolute Gasteiger partial charge is 0.306 e. The number of rotatable bonds is 49. The van der Waals surface area contributed by atoms with Gasteiger partial charge in [-0.25, -0.2) is 0 Å². The third-order valence-electron chi connectivity index (χ3n) is 11.6. The monoisotopic (exact) mass is 919 g/mol. The van der Waals surface area contributed by atoms with Gasteiger partial charge in [0.1, 0.15) is 13.2 Å². The summed E-state index contributed by atoms with van der Waals surface area (Å²) in [7, 11) is 0. The van der Waals surface area contributed by atoms with Crippen LogP contribution in [0.25, 0.3) is 0 Å². The molecule has 0 aromatic heterocycles. The Morgan fingerprint density at radius 2 is 0.591 bits per heavy atom. The van der Waals surface area contributed by atoms with Crippen molar-refractivity contribution in [3.8, 4) is 0 Å². The van der Waals surface area contributed by atoms with Gasteiger partial charge < -0.3 is 14.2 Å². The van der Waals surface area contributed by atoms with E-state index in [9.17, 15) is 14.4 Å². The molecule has 6 heteroatoms. The van der Waals surface area contributed by atoms with Crippen LogP contribution in [0.15, 0.2) is 85.1 Å². The molecule has 0 aromatic rings. The number of allylic oxidation sites excluding steroid dienone is 14. The second-order valence-corrected chi connectivity index (χ2v) is 18.1. The van der Waals surface area contributed by atoms with Crippen LogP contribution < -0.4 is 0 Å². The number of hydrogen-bond acceptors (Lipinski definition) is 6. The summed E-state index contributed by atoms with van der Waals surface area (Å²) in [6.07, 6.45) is 70.0. The zero-order chi connectivity index (χ0) is 47.9. The standard InChI is InChI=1S/C60H102O6/c1-4-7-10-13-16-19-22-25-27-28-29-30-31-32-34-35-38-41-44-47-50-53-59(62)65-56-57(55-64-58(61)52-49-46-43-40-37-24-21-18-15-12-9-6-3)66-60(63)54-51-48-45-42-39-36-33-26-23-20-17-14-11-8-5-2/h7,10,16,19,25-27,29-30,32-34,38,41,57H,4-6,8-9,11-15,17-18,20-24,28,31,35-37,39-40,42-56H2,1-3H3/b10-7-,19-16-,27-25-,30-29-,33-26-,34-32-,41-38-. The summed E-state index contributed by atoms with van der Waals surface area (Å²) in [6, 6.07) is 0. The van der Waals surface area contributed by atoms with Crippen LogP contribution in [0.2, 0.25) is 0 Å². The normalized spacial score (nSPS) is 12.7. The highest BCUT2D eigenvalue weighted by atomic mass is 16.6. The lowest BCUT2D eigenvalue weighted by molar-refractivity contribution is -0.167. The molecule has 0 saturated carbocycles. The van der Waals surface area contributed by atoms with Crippen LogP contribution in [-0.2, 0) is 28.6 Å². The minimum absolute atomic E-state index is 0.0921. The molecule has 0 spiro atoms. The number of esters is 3. The lowest BCUT2D eigenvalue weighted by atomic mass is 10.0. The van der Waals surface area contributed by atoms with Crippen molar-refractivity contribution < 1.29 is 28.6 Å². The average molecular weight is 919 g/mol. The van der Waals surface area contributed by atoms with Gasteiger partial charge in [0, 0.05) is 19.3 Å². The Balaban J connectivity index is 4.45. The molecule has 0 radical (unpaired) electrons. The SMILES string of the molecule is CC/C=C\C/C=C\C/C=C\C/C=C\C/C=C\C/C=C\CCCCC(=O)OCC(COC(=O)CCCCCCCCCCCCCC)OC(=O)CCCCCCC/C=C\CCCCCCCC. The first-order chi connectivity index (χ1) is 32.5. The molecule has 0 aliphatic carbocycles. The Hall–Kier alpha value is -3.41. The van der Waals surface area contributed by atoms with Gasteiger partial charge in [-0.05, 0) is 96.3 Å². The van der Waals surface area contributed by atoms with Gasteiger partial charge in [-0.2, -0.15) is 0 Å². The fraction of sp³-hybridized carbons (Fsp3) is 0.717. The summed E-state index contributed by atoms with van der Waals surface area (Å²) in [5.74, 6) is -0.943. The van der Waals surface area contributed by atoms with E-state index in [-0.39, 0.29) is 31.1 Å². The third-order valence-corrected chi connectivity index (χ3v) is 11.6. The van der Waals surface area contributed by atoms with Crippen molar-refractivity contribution in [1.29, 1.82) is 0 Å². The molecule has 1 unspecified atom stereocenters. The zero-order valence-corrected chi connectivity index (χ0v) is 43.2. The Morgan fingerprint density at radius 1 is 0.318 bits per heavy atom. The van der Waals surface area contributed by atoms with E-state index in [0.29, 0.717) is 19.3 Å². The molecule has 0 aliphatic heterocycles. The van der Waals surface area contributed by atoms with Gasteiger partial charge in [0.15, 0.2) is 6.10 Å². The van der Waals surface area contributed by atoms with Crippen molar-refractivity contribution in [3.63, 3.8) is 0 Å². The predicted octanol–water partition coefficient (Wildman–Crippen LogP) is 18.4. The molecular formula is C60H102O6. The van der Waals surface area contributed by atoms with Crippen molar-refractivity contribution in [2.75, 3.05) is 13.2 Å². The number of unbranched alkanes of at least 4 members (excludes halogenated alkanes) is 24. The molecule has 0 N–H and O–H groups in total. The third kappa shape index (κ3) is 51.6. The molecule has 6 nitrogen and oxygen atoms in total. The van der Waals surface area contributed by atoms with Crippen LogP contribution in [-0.4, -0.2) is 37.2 Å². The molecule has 66 heavy (non-hydrogen) atoms. The maximum atomic E-state index is 12.8. The molecule has 1 atom stereocenters. The van der Waals surface area contributed by atoms with E-state index in [2.05, 4.69) is 106 Å². The summed E-state index contributed by atoms with van der Waals surface area (Å²) in [5.41, 5.74) is 0. The Morgan fingerprint density at radius 3 is 0.970 bits per heavy atom. The van der Waals surface area contributed by atoms with E-state index < -0.39 is 6.10 Å². The van der Waals surface area contributed by atoms with Crippen LogP contribution in [0, 0.1) is 0 Å². The average Bonchev–Trinajstić information content (AvgIpc) is 3.31. The van der Waals surface area contributed by atoms with Gasteiger partial charge in [0.05, 0.1) is 0 Å². The second-order valence-electron chi connectivity index (χ2n) is 18.1. The molecular weight excluding hydrogens is 817 g/mol. The maximum absolute atomic E-state index is 12.8. The number of carbonyl (C=O) groups excluding carboxylic acids is 3. The molecule has 0 fully saturated rings. The lowest BCUT2D eigenvalue weighted by Gasteiger charge is -2.18. The minimum atomic E-state index is -0.797. The van der Waals surface area contributed by atoms with E-state index in [1.807, 2.05) is 0 Å².